The van der Waals surface area contributed by atoms with Crippen LogP contribution in [0.4, 0.5) is 5.69 Å². The van der Waals surface area contributed by atoms with Gasteiger partial charge in [0.15, 0.2) is 0 Å². The molecule has 0 bridgehead atoms. The van der Waals surface area contributed by atoms with E-state index >= 15 is 0 Å². The van der Waals surface area contributed by atoms with Gasteiger partial charge in [0, 0.05) is 30.1 Å². The molecule has 34 heavy (non-hydrogen) atoms. The zero-order valence-electron chi connectivity index (χ0n) is 18.7. The first-order valence-electron chi connectivity index (χ1n) is 10.1. The standard InChI is InChI=1S/C20H25N5O7S2/c1-14(2)12-24(13-20(26)15(3)22-23-21)34(31,32)19-6-4-5-18(11-19)33(29,30)17-9-7-16(8-10-17)25(27)28/h4-11,14-15,20,26H,12-13H2,1-3H3/t15-,20?/m0/s1. The molecule has 14 heteroatoms. The molecule has 0 saturated carbocycles. The highest BCUT2D eigenvalue weighted by molar-refractivity contribution is 7.91. The normalized spacial score (nSPS) is 13.9. The maximum Gasteiger partial charge on any atom is 0.269 e. The Morgan fingerprint density at radius 2 is 1.62 bits per heavy atom. The van der Waals surface area contributed by atoms with Crippen LogP contribution in [0.1, 0.15) is 20.8 Å². The molecule has 0 spiro atoms. The summed E-state index contributed by atoms with van der Waals surface area (Å²) in [4.78, 5) is 11.9. The lowest BCUT2D eigenvalue weighted by Crippen LogP contribution is -2.42. The van der Waals surface area contributed by atoms with Gasteiger partial charge in [-0.15, -0.1) is 0 Å². The molecule has 0 aliphatic rings. The van der Waals surface area contributed by atoms with Crippen LogP contribution in [-0.2, 0) is 19.9 Å². The van der Waals surface area contributed by atoms with Gasteiger partial charge in [0.1, 0.15) is 0 Å². The summed E-state index contributed by atoms with van der Waals surface area (Å²) in [5.74, 6) is -0.122. The van der Waals surface area contributed by atoms with Crippen molar-refractivity contribution in [3.05, 3.63) is 69.1 Å². The molecule has 1 N–H and O–H groups in total. The van der Waals surface area contributed by atoms with Crippen molar-refractivity contribution in [3.8, 4) is 0 Å². The third-order valence-electron chi connectivity index (χ3n) is 4.86. The summed E-state index contributed by atoms with van der Waals surface area (Å²) >= 11 is 0. The van der Waals surface area contributed by atoms with Gasteiger partial charge >= 0.3 is 0 Å². The lowest BCUT2D eigenvalue weighted by atomic mass is 10.2. The molecule has 0 radical (unpaired) electrons. The van der Waals surface area contributed by atoms with Crippen LogP contribution in [0.15, 0.2) is 68.3 Å². The number of aliphatic hydroxyl groups is 1. The van der Waals surface area contributed by atoms with Gasteiger partial charge in [-0.3, -0.25) is 10.1 Å². The molecular weight excluding hydrogens is 486 g/mol. The SMILES string of the molecule is CC(C)CN(CC(O)[C@H](C)N=[N+]=[N-])S(=O)(=O)c1cccc(S(=O)(=O)c2ccc([N+](=O)[O-])cc2)c1. The maximum absolute atomic E-state index is 13.4. The van der Waals surface area contributed by atoms with E-state index in [1.54, 1.807) is 13.8 Å². The second-order valence-electron chi connectivity index (χ2n) is 7.96. The van der Waals surface area contributed by atoms with E-state index in [4.69, 9.17) is 5.53 Å². The molecule has 1 unspecified atom stereocenters. The van der Waals surface area contributed by atoms with Crippen molar-refractivity contribution in [1.29, 1.82) is 0 Å². The fourth-order valence-electron chi connectivity index (χ4n) is 3.03. The van der Waals surface area contributed by atoms with Crippen LogP contribution in [-0.4, -0.2) is 56.4 Å². The fraction of sp³-hybridized carbons (Fsp3) is 0.400. The second kappa shape index (κ2) is 10.9. The molecule has 0 aromatic heterocycles. The highest BCUT2D eigenvalue weighted by atomic mass is 32.2. The number of nitrogens with zero attached hydrogens (tertiary/aromatic N) is 5. The minimum atomic E-state index is -4.24. The molecule has 0 heterocycles. The van der Waals surface area contributed by atoms with Gasteiger partial charge in [-0.2, -0.15) is 4.31 Å². The van der Waals surface area contributed by atoms with Crippen LogP contribution in [0.3, 0.4) is 0 Å². The summed E-state index contributed by atoms with van der Waals surface area (Å²) < 4.78 is 53.8. The smallest absolute Gasteiger partial charge is 0.269 e. The number of benzene rings is 2. The Kier molecular flexibility index (Phi) is 8.75. The Morgan fingerprint density at radius 1 is 1.03 bits per heavy atom. The van der Waals surface area contributed by atoms with Crippen LogP contribution in [0.2, 0.25) is 0 Å². The van der Waals surface area contributed by atoms with Crippen molar-refractivity contribution >= 4 is 25.5 Å². The molecule has 0 aliphatic heterocycles. The summed E-state index contributed by atoms with van der Waals surface area (Å²) in [6.45, 7) is 4.67. The van der Waals surface area contributed by atoms with Gasteiger partial charge in [-0.1, -0.05) is 32.0 Å². The van der Waals surface area contributed by atoms with Crippen molar-refractivity contribution in [2.75, 3.05) is 13.1 Å². The first kappa shape index (κ1) is 27.2. The number of sulfone groups is 1. The molecule has 0 fully saturated rings. The topological polar surface area (TPSA) is 184 Å². The number of aliphatic hydroxyl groups excluding tert-OH is 1. The van der Waals surface area contributed by atoms with Gasteiger partial charge in [-0.05, 0) is 41.8 Å². The minimum absolute atomic E-state index is 0.0295. The predicted molar refractivity (Wildman–Crippen MR) is 123 cm³/mol. The Bertz CT molecular complexity index is 1290. The summed E-state index contributed by atoms with van der Waals surface area (Å²) in [5.41, 5.74) is 8.29. The van der Waals surface area contributed by atoms with Gasteiger partial charge < -0.3 is 5.11 Å². The maximum atomic E-state index is 13.4. The van der Waals surface area contributed by atoms with Gasteiger partial charge in [0.2, 0.25) is 19.9 Å². The number of nitro groups is 1. The summed E-state index contributed by atoms with van der Waals surface area (Å²) in [6, 6.07) is 8.10. The first-order valence-corrected chi connectivity index (χ1v) is 13.0. The number of hydrogen-bond donors (Lipinski definition) is 1. The van der Waals surface area contributed by atoms with Crippen LogP contribution >= 0.6 is 0 Å². The van der Waals surface area contributed by atoms with Gasteiger partial charge in [-0.25, -0.2) is 16.8 Å². The van der Waals surface area contributed by atoms with E-state index in [0.717, 1.165) is 34.6 Å². The van der Waals surface area contributed by atoms with Crippen LogP contribution in [0.5, 0.6) is 0 Å². The molecule has 0 saturated heterocycles. The van der Waals surface area contributed by atoms with E-state index in [0.29, 0.717) is 0 Å². The Hall–Kier alpha value is -3.03. The quantitative estimate of drug-likeness (QED) is 0.158. The molecule has 0 aliphatic carbocycles. The van der Waals surface area contributed by atoms with E-state index in [2.05, 4.69) is 10.0 Å². The van der Waals surface area contributed by atoms with Crippen molar-refractivity contribution in [2.45, 2.75) is 47.6 Å². The van der Waals surface area contributed by atoms with E-state index in [1.165, 1.54) is 25.1 Å². The number of non-ortho nitro benzene ring substituents is 1. The van der Waals surface area contributed by atoms with Crippen molar-refractivity contribution < 1.29 is 26.9 Å². The van der Waals surface area contributed by atoms with Crippen molar-refractivity contribution in [1.82, 2.24) is 4.31 Å². The Balaban J connectivity index is 2.47. The van der Waals surface area contributed by atoms with Crippen molar-refractivity contribution in [3.63, 3.8) is 0 Å². The van der Waals surface area contributed by atoms with E-state index in [9.17, 15) is 32.1 Å². The van der Waals surface area contributed by atoms with E-state index in [-0.39, 0.29) is 39.4 Å². The predicted octanol–water partition coefficient (Wildman–Crippen LogP) is 3.13. The number of azide groups is 1. The summed E-state index contributed by atoms with van der Waals surface area (Å²) in [5, 5.41) is 24.5. The molecule has 2 aromatic carbocycles. The molecular formula is C20H25N5O7S2. The zero-order chi connectivity index (χ0) is 25.7. The van der Waals surface area contributed by atoms with Crippen LogP contribution < -0.4 is 0 Å². The lowest BCUT2D eigenvalue weighted by Gasteiger charge is -2.27. The minimum Gasteiger partial charge on any atom is -0.391 e. The monoisotopic (exact) mass is 511 g/mol. The summed E-state index contributed by atoms with van der Waals surface area (Å²) in [6.07, 6.45) is -1.28. The average Bonchev–Trinajstić information content (AvgIpc) is 2.78. The number of rotatable bonds is 11. The van der Waals surface area contributed by atoms with E-state index < -0.39 is 36.9 Å². The van der Waals surface area contributed by atoms with Gasteiger partial charge in [0.25, 0.3) is 5.69 Å². The van der Waals surface area contributed by atoms with Crippen LogP contribution in [0, 0.1) is 16.0 Å². The molecule has 2 atom stereocenters. The fourth-order valence-corrected chi connectivity index (χ4v) is 6.08. The summed E-state index contributed by atoms with van der Waals surface area (Å²) in [7, 11) is -8.40. The largest absolute Gasteiger partial charge is 0.391 e. The molecule has 2 rings (SSSR count). The number of sulfonamides is 1. The molecule has 184 valence electrons. The second-order valence-corrected chi connectivity index (χ2v) is 11.8. The molecule has 0 amide bonds. The first-order chi connectivity index (χ1) is 15.8. The molecule has 2 aromatic rings. The average molecular weight is 512 g/mol. The van der Waals surface area contributed by atoms with E-state index in [1.807, 2.05) is 0 Å². The third kappa shape index (κ3) is 6.30. The Labute approximate surface area is 197 Å². The highest BCUT2D eigenvalue weighted by Crippen LogP contribution is 2.27. The zero-order valence-corrected chi connectivity index (χ0v) is 20.3. The molecule has 12 nitrogen and oxygen atoms in total. The van der Waals surface area contributed by atoms with Gasteiger partial charge in [0.05, 0.1) is 31.8 Å². The van der Waals surface area contributed by atoms with Crippen molar-refractivity contribution in [2.24, 2.45) is 11.0 Å². The Morgan fingerprint density at radius 3 is 2.15 bits per heavy atom. The highest BCUT2D eigenvalue weighted by Gasteiger charge is 2.30. The number of hydrogen-bond acceptors (Lipinski definition) is 8. The third-order valence-corrected chi connectivity index (χ3v) is 8.46. The lowest BCUT2D eigenvalue weighted by molar-refractivity contribution is -0.384. The van der Waals surface area contributed by atoms with Crippen LogP contribution in [0.25, 0.3) is 10.4 Å². The number of nitro benzene ring substituents is 1.